The lowest BCUT2D eigenvalue weighted by molar-refractivity contribution is -0.117. The number of likely N-dealkylation sites (tertiary alicyclic amines) is 1. The van der Waals surface area contributed by atoms with Gasteiger partial charge in [0.2, 0.25) is 6.41 Å². The second-order valence-electron chi connectivity index (χ2n) is 7.88. The number of aromatic nitrogens is 2. The molecule has 160 valence electrons. The van der Waals surface area contributed by atoms with Crippen molar-refractivity contribution in [1.82, 2.24) is 14.7 Å². The summed E-state index contributed by atoms with van der Waals surface area (Å²) in [5.74, 6) is 0.0000783. The Balaban J connectivity index is 0.000000330. The first-order valence-electron chi connectivity index (χ1n) is 10.4. The van der Waals surface area contributed by atoms with E-state index in [-0.39, 0.29) is 11.3 Å². The van der Waals surface area contributed by atoms with Crippen molar-refractivity contribution in [3.63, 3.8) is 0 Å². The summed E-state index contributed by atoms with van der Waals surface area (Å²) < 4.78 is 1.98. The van der Waals surface area contributed by atoms with Crippen molar-refractivity contribution >= 4 is 6.41 Å². The SMILES string of the molecule is Cc1ccc(Cn2nc(C)c(-c3ccc(C#N)c(O)c3)c2C)cc1.O=CN1CCCC1. The molecule has 1 amide bonds. The highest BCUT2D eigenvalue weighted by Crippen LogP contribution is 2.31. The van der Waals surface area contributed by atoms with Gasteiger partial charge in [0.25, 0.3) is 0 Å². The summed E-state index contributed by atoms with van der Waals surface area (Å²) >= 11 is 0. The molecule has 2 heterocycles. The summed E-state index contributed by atoms with van der Waals surface area (Å²) in [5.41, 5.74) is 6.53. The number of hydrogen-bond donors (Lipinski definition) is 1. The van der Waals surface area contributed by atoms with Gasteiger partial charge in [0.1, 0.15) is 11.8 Å². The van der Waals surface area contributed by atoms with Crippen LogP contribution in [0.5, 0.6) is 5.75 Å². The molecule has 1 aliphatic rings. The molecule has 1 saturated heterocycles. The molecule has 2 aromatic carbocycles. The minimum Gasteiger partial charge on any atom is -0.507 e. The van der Waals surface area contributed by atoms with Gasteiger partial charge in [-0.05, 0) is 56.9 Å². The number of aryl methyl sites for hydroxylation is 2. The fourth-order valence-corrected chi connectivity index (χ4v) is 3.76. The van der Waals surface area contributed by atoms with Crippen LogP contribution < -0.4 is 0 Å². The van der Waals surface area contributed by atoms with Crippen molar-refractivity contribution in [3.05, 3.63) is 70.5 Å². The maximum atomic E-state index is 9.95. The summed E-state index contributed by atoms with van der Waals surface area (Å²) in [4.78, 5) is 11.7. The molecular formula is C25H28N4O2. The normalized spacial score (nSPS) is 12.8. The largest absolute Gasteiger partial charge is 0.507 e. The van der Waals surface area contributed by atoms with Gasteiger partial charge in [0.15, 0.2) is 0 Å². The third kappa shape index (κ3) is 5.32. The first-order chi connectivity index (χ1) is 14.9. The Morgan fingerprint density at radius 1 is 1.10 bits per heavy atom. The molecule has 4 rings (SSSR count). The number of benzene rings is 2. The summed E-state index contributed by atoms with van der Waals surface area (Å²) in [6, 6.07) is 15.5. The van der Waals surface area contributed by atoms with Gasteiger partial charge in [-0.2, -0.15) is 10.4 Å². The van der Waals surface area contributed by atoms with Gasteiger partial charge in [-0.1, -0.05) is 35.9 Å². The Labute approximate surface area is 183 Å². The van der Waals surface area contributed by atoms with Crippen LogP contribution in [0, 0.1) is 32.1 Å². The molecule has 0 spiro atoms. The van der Waals surface area contributed by atoms with Gasteiger partial charge >= 0.3 is 0 Å². The number of rotatable bonds is 4. The van der Waals surface area contributed by atoms with Gasteiger partial charge in [-0.25, -0.2) is 0 Å². The Morgan fingerprint density at radius 3 is 2.32 bits per heavy atom. The predicted molar refractivity (Wildman–Crippen MR) is 121 cm³/mol. The molecule has 0 bridgehead atoms. The van der Waals surface area contributed by atoms with Crippen LogP contribution in [0.15, 0.2) is 42.5 Å². The highest BCUT2D eigenvalue weighted by Gasteiger charge is 2.15. The number of amides is 1. The van der Waals surface area contributed by atoms with E-state index in [0.717, 1.165) is 42.0 Å². The summed E-state index contributed by atoms with van der Waals surface area (Å²) in [5, 5.41) is 23.5. The molecule has 6 heteroatoms. The second kappa shape index (κ2) is 9.94. The van der Waals surface area contributed by atoms with E-state index < -0.39 is 0 Å². The number of phenols is 1. The lowest BCUT2D eigenvalue weighted by atomic mass is 10.0. The van der Waals surface area contributed by atoms with Crippen LogP contribution in [0.1, 0.15) is 40.9 Å². The zero-order chi connectivity index (χ0) is 22.4. The fourth-order valence-electron chi connectivity index (χ4n) is 3.76. The van der Waals surface area contributed by atoms with E-state index in [9.17, 15) is 9.90 Å². The molecule has 1 aromatic heterocycles. The van der Waals surface area contributed by atoms with E-state index in [2.05, 4.69) is 36.3 Å². The first-order valence-corrected chi connectivity index (χ1v) is 10.4. The summed E-state index contributed by atoms with van der Waals surface area (Å²) in [6.45, 7) is 8.72. The number of carbonyl (C=O) groups excluding carboxylic acids is 1. The van der Waals surface area contributed by atoms with Gasteiger partial charge in [0, 0.05) is 24.3 Å². The van der Waals surface area contributed by atoms with E-state index in [0.29, 0.717) is 6.54 Å². The molecule has 1 fully saturated rings. The van der Waals surface area contributed by atoms with Gasteiger partial charge in [0.05, 0.1) is 17.8 Å². The van der Waals surface area contributed by atoms with Crippen LogP contribution in [0.25, 0.3) is 11.1 Å². The Morgan fingerprint density at radius 2 is 1.77 bits per heavy atom. The number of hydrogen-bond acceptors (Lipinski definition) is 4. The molecule has 0 unspecified atom stereocenters. The first kappa shape index (κ1) is 22.1. The monoisotopic (exact) mass is 416 g/mol. The van der Waals surface area contributed by atoms with Crippen LogP contribution in [-0.2, 0) is 11.3 Å². The molecule has 3 aromatic rings. The zero-order valence-electron chi connectivity index (χ0n) is 18.3. The van der Waals surface area contributed by atoms with E-state index in [1.165, 1.54) is 24.0 Å². The highest BCUT2D eigenvalue weighted by molar-refractivity contribution is 5.71. The van der Waals surface area contributed by atoms with Crippen LogP contribution in [0.3, 0.4) is 0 Å². The summed E-state index contributed by atoms with van der Waals surface area (Å²) in [7, 11) is 0. The number of phenolic OH excluding ortho intramolecular Hbond substituents is 1. The van der Waals surface area contributed by atoms with Crippen molar-refractivity contribution in [2.75, 3.05) is 13.1 Å². The van der Waals surface area contributed by atoms with Gasteiger partial charge in [-0.15, -0.1) is 0 Å². The molecule has 1 aliphatic heterocycles. The Kier molecular flexibility index (Phi) is 7.09. The van der Waals surface area contributed by atoms with E-state index >= 15 is 0 Å². The van der Waals surface area contributed by atoms with Crippen LogP contribution in [0.4, 0.5) is 0 Å². The van der Waals surface area contributed by atoms with Gasteiger partial charge < -0.3 is 10.0 Å². The van der Waals surface area contributed by atoms with Crippen molar-refractivity contribution in [2.24, 2.45) is 0 Å². The molecule has 0 atom stereocenters. The molecule has 1 N–H and O–H groups in total. The van der Waals surface area contributed by atoms with Crippen molar-refractivity contribution < 1.29 is 9.90 Å². The second-order valence-corrected chi connectivity index (χ2v) is 7.88. The topological polar surface area (TPSA) is 82.1 Å². The quantitative estimate of drug-likeness (QED) is 0.642. The summed E-state index contributed by atoms with van der Waals surface area (Å²) in [6.07, 6.45) is 3.31. The minimum absolute atomic E-state index is 0.0000783. The number of carbonyl (C=O) groups is 1. The lowest BCUT2D eigenvalue weighted by Gasteiger charge is -2.07. The van der Waals surface area contributed by atoms with Crippen LogP contribution in [0.2, 0.25) is 0 Å². The molecule has 0 aliphatic carbocycles. The third-order valence-electron chi connectivity index (χ3n) is 5.53. The molecule has 6 nitrogen and oxygen atoms in total. The molecular weight excluding hydrogens is 388 g/mol. The lowest BCUT2D eigenvalue weighted by Crippen LogP contribution is -2.15. The molecule has 0 radical (unpaired) electrons. The van der Waals surface area contributed by atoms with Gasteiger partial charge in [-0.3, -0.25) is 9.48 Å². The van der Waals surface area contributed by atoms with Crippen molar-refractivity contribution in [3.8, 4) is 22.9 Å². The average Bonchev–Trinajstić information content (AvgIpc) is 3.38. The van der Waals surface area contributed by atoms with E-state index in [4.69, 9.17) is 5.26 Å². The minimum atomic E-state index is 0.0000783. The smallest absolute Gasteiger partial charge is 0.209 e. The van der Waals surface area contributed by atoms with Crippen LogP contribution >= 0.6 is 0 Å². The van der Waals surface area contributed by atoms with Crippen LogP contribution in [-0.4, -0.2) is 39.3 Å². The molecule has 31 heavy (non-hydrogen) atoms. The van der Waals surface area contributed by atoms with E-state index in [1.54, 1.807) is 17.0 Å². The predicted octanol–water partition coefficient (Wildman–Crippen LogP) is 4.34. The fraction of sp³-hybridized carbons (Fsp3) is 0.320. The maximum Gasteiger partial charge on any atom is 0.209 e. The maximum absolute atomic E-state index is 9.95. The van der Waals surface area contributed by atoms with E-state index in [1.807, 2.05) is 30.7 Å². The molecule has 0 saturated carbocycles. The zero-order valence-corrected chi connectivity index (χ0v) is 18.3. The number of nitriles is 1. The standard InChI is InChI=1S/C20H19N3O.C5H9NO/c1-13-4-6-16(7-5-13)12-23-15(3)20(14(2)22-23)17-8-9-18(11-21)19(24)10-17;7-5-6-3-1-2-4-6/h4-10,24H,12H2,1-3H3;5H,1-4H2. The Bertz CT molecular complexity index is 1090. The Hall–Kier alpha value is -3.59. The number of nitrogens with zero attached hydrogens (tertiary/aromatic N) is 4. The van der Waals surface area contributed by atoms with Crippen molar-refractivity contribution in [1.29, 1.82) is 5.26 Å². The highest BCUT2D eigenvalue weighted by atomic mass is 16.3. The third-order valence-corrected chi connectivity index (χ3v) is 5.53. The number of aromatic hydroxyl groups is 1. The van der Waals surface area contributed by atoms with Crippen molar-refractivity contribution in [2.45, 2.75) is 40.2 Å². The average molecular weight is 417 g/mol.